The summed E-state index contributed by atoms with van der Waals surface area (Å²) >= 11 is 0. The second kappa shape index (κ2) is 6.96. The SMILES string of the molecule is Cc1cc(C(=O)COc2ccccc2[N+](=O)[O-])c(C)n1CC(F)(F)F. The number of aromatic nitrogens is 1. The number of hydrogen-bond donors (Lipinski definition) is 0. The van der Waals surface area contributed by atoms with Crippen LogP contribution < -0.4 is 4.74 Å². The van der Waals surface area contributed by atoms with Crippen LogP contribution in [0.1, 0.15) is 21.7 Å². The molecule has 1 heterocycles. The van der Waals surface area contributed by atoms with E-state index in [2.05, 4.69) is 0 Å². The van der Waals surface area contributed by atoms with Gasteiger partial charge in [-0.1, -0.05) is 12.1 Å². The largest absolute Gasteiger partial charge is 0.478 e. The zero-order valence-electron chi connectivity index (χ0n) is 13.5. The Labute approximate surface area is 141 Å². The Kier molecular flexibility index (Phi) is 5.15. The third-order valence-corrected chi connectivity index (χ3v) is 3.63. The minimum absolute atomic E-state index is 0.0788. The summed E-state index contributed by atoms with van der Waals surface area (Å²) in [4.78, 5) is 22.5. The number of hydrogen-bond acceptors (Lipinski definition) is 4. The number of ketones is 1. The van der Waals surface area contributed by atoms with E-state index < -0.39 is 30.0 Å². The second-order valence-corrected chi connectivity index (χ2v) is 5.42. The number of aryl methyl sites for hydroxylation is 1. The molecule has 134 valence electrons. The molecule has 0 amide bonds. The molecule has 6 nitrogen and oxygen atoms in total. The summed E-state index contributed by atoms with van der Waals surface area (Å²) in [7, 11) is 0. The number of nitrogens with zero attached hydrogens (tertiary/aromatic N) is 2. The Balaban J connectivity index is 2.17. The average Bonchev–Trinajstić information content (AvgIpc) is 2.79. The molecular weight excluding hydrogens is 341 g/mol. The minimum atomic E-state index is -4.41. The van der Waals surface area contributed by atoms with Gasteiger partial charge >= 0.3 is 11.9 Å². The smallest absolute Gasteiger partial charge is 0.406 e. The fourth-order valence-corrected chi connectivity index (χ4v) is 2.46. The van der Waals surface area contributed by atoms with Crippen LogP contribution in [-0.2, 0) is 6.54 Å². The molecule has 9 heteroatoms. The average molecular weight is 356 g/mol. The molecule has 1 aromatic carbocycles. The molecule has 0 spiro atoms. The summed E-state index contributed by atoms with van der Waals surface area (Å²) in [6.45, 7) is 1.18. The third-order valence-electron chi connectivity index (χ3n) is 3.63. The number of para-hydroxylation sites is 2. The molecule has 1 aromatic heterocycles. The van der Waals surface area contributed by atoms with Crippen molar-refractivity contribution in [2.75, 3.05) is 6.61 Å². The topological polar surface area (TPSA) is 74.4 Å². The van der Waals surface area contributed by atoms with Crippen LogP contribution >= 0.6 is 0 Å². The van der Waals surface area contributed by atoms with Crippen LogP contribution in [-0.4, -0.2) is 28.1 Å². The Hall–Kier alpha value is -2.84. The van der Waals surface area contributed by atoms with E-state index in [1.165, 1.54) is 44.2 Å². The first-order valence-corrected chi connectivity index (χ1v) is 7.23. The molecule has 2 aromatic rings. The summed E-state index contributed by atoms with van der Waals surface area (Å²) < 4.78 is 44.0. The van der Waals surface area contributed by atoms with Gasteiger partial charge in [-0.3, -0.25) is 14.9 Å². The maximum atomic E-state index is 12.6. The van der Waals surface area contributed by atoms with Crippen molar-refractivity contribution in [2.24, 2.45) is 0 Å². The zero-order chi connectivity index (χ0) is 18.8. The summed E-state index contributed by atoms with van der Waals surface area (Å²) in [5.41, 5.74) is 0.271. The van der Waals surface area contributed by atoms with Crippen molar-refractivity contribution in [1.29, 1.82) is 0 Å². The molecule has 0 saturated carbocycles. The molecule has 0 fully saturated rings. The number of alkyl halides is 3. The number of Topliss-reactive ketones (excluding diaryl/α,β-unsaturated/α-hetero) is 1. The molecule has 0 atom stereocenters. The molecule has 0 aliphatic rings. The van der Waals surface area contributed by atoms with Gasteiger partial charge in [-0.2, -0.15) is 13.2 Å². The highest BCUT2D eigenvalue weighted by Crippen LogP contribution is 2.27. The highest BCUT2D eigenvalue weighted by molar-refractivity contribution is 5.98. The first-order chi connectivity index (χ1) is 11.6. The van der Waals surface area contributed by atoms with E-state index in [1.807, 2.05) is 0 Å². The molecule has 0 aliphatic carbocycles. The fraction of sp³-hybridized carbons (Fsp3) is 0.312. The van der Waals surface area contributed by atoms with Gasteiger partial charge in [-0.25, -0.2) is 0 Å². The summed E-state index contributed by atoms with van der Waals surface area (Å²) in [5.74, 6) is -0.635. The predicted octanol–water partition coefficient (Wildman–Crippen LogP) is 3.84. The summed E-state index contributed by atoms with van der Waals surface area (Å²) in [6, 6.07) is 6.90. The lowest BCUT2D eigenvalue weighted by atomic mass is 10.1. The van der Waals surface area contributed by atoms with Crippen LogP contribution in [0.4, 0.5) is 18.9 Å². The maximum Gasteiger partial charge on any atom is 0.406 e. The van der Waals surface area contributed by atoms with Crippen molar-refractivity contribution >= 4 is 11.5 Å². The number of benzene rings is 1. The lowest BCUT2D eigenvalue weighted by Crippen LogP contribution is -2.20. The standard InChI is InChI=1S/C16H15F3N2O4/c1-10-7-12(11(2)20(10)9-16(17,18)19)14(22)8-25-15-6-4-3-5-13(15)21(23)24/h3-7H,8-9H2,1-2H3. The van der Waals surface area contributed by atoms with E-state index in [4.69, 9.17) is 4.74 Å². The first kappa shape index (κ1) is 18.5. The Morgan fingerprint density at radius 1 is 1.28 bits per heavy atom. The summed E-state index contributed by atoms with van der Waals surface area (Å²) in [5, 5.41) is 10.9. The van der Waals surface area contributed by atoms with Gasteiger partial charge in [-0.05, 0) is 26.0 Å². The second-order valence-electron chi connectivity index (χ2n) is 5.42. The van der Waals surface area contributed by atoms with Gasteiger partial charge in [0.15, 0.2) is 12.4 Å². The molecule has 0 saturated heterocycles. The number of nitro groups is 1. The monoisotopic (exact) mass is 356 g/mol. The van der Waals surface area contributed by atoms with E-state index in [1.54, 1.807) is 0 Å². The molecule has 0 unspecified atom stereocenters. The van der Waals surface area contributed by atoms with Crippen molar-refractivity contribution in [2.45, 2.75) is 26.6 Å². The Morgan fingerprint density at radius 2 is 1.92 bits per heavy atom. The van der Waals surface area contributed by atoms with E-state index in [0.29, 0.717) is 5.69 Å². The van der Waals surface area contributed by atoms with Crippen molar-refractivity contribution in [3.05, 3.63) is 57.4 Å². The van der Waals surface area contributed by atoms with Crippen LogP contribution in [0.3, 0.4) is 0 Å². The van der Waals surface area contributed by atoms with Crippen LogP contribution in [0.2, 0.25) is 0 Å². The van der Waals surface area contributed by atoms with E-state index >= 15 is 0 Å². The number of carbonyl (C=O) groups excluding carboxylic acids is 1. The van der Waals surface area contributed by atoms with Crippen LogP contribution in [0.25, 0.3) is 0 Å². The molecule has 25 heavy (non-hydrogen) atoms. The molecule has 0 aliphatic heterocycles. The lowest BCUT2D eigenvalue weighted by molar-refractivity contribution is -0.385. The molecule has 2 rings (SSSR count). The number of ether oxygens (including phenoxy) is 1. The fourth-order valence-electron chi connectivity index (χ4n) is 2.46. The molecule has 0 bridgehead atoms. The van der Waals surface area contributed by atoms with Gasteiger partial charge in [0.2, 0.25) is 5.78 Å². The van der Waals surface area contributed by atoms with Crippen molar-refractivity contribution in [3.63, 3.8) is 0 Å². The zero-order valence-corrected chi connectivity index (χ0v) is 13.5. The van der Waals surface area contributed by atoms with Gasteiger partial charge in [-0.15, -0.1) is 0 Å². The predicted molar refractivity (Wildman–Crippen MR) is 82.9 cm³/mol. The first-order valence-electron chi connectivity index (χ1n) is 7.23. The number of carbonyl (C=O) groups is 1. The van der Waals surface area contributed by atoms with Crippen LogP contribution in [0.15, 0.2) is 30.3 Å². The van der Waals surface area contributed by atoms with Gasteiger partial charge in [0.25, 0.3) is 0 Å². The van der Waals surface area contributed by atoms with Crippen molar-refractivity contribution in [1.82, 2.24) is 4.57 Å². The van der Waals surface area contributed by atoms with Crippen LogP contribution in [0, 0.1) is 24.0 Å². The number of nitro benzene ring substituents is 1. The molecule has 0 N–H and O–H groups in total. The van der Waals surface area contributed by atoms with Gasteiger partial charge in [0.05, 0.1) is 4.92 Å². The Morgan fingerprint density at radius 3 is 2.52 bits per heavy atom. The normalized spacial score (nSPS) is 11.4. The van der Waals surface area contributed by atoms with Crippen molar-refractivity contribution in [3.8, 4) is 5.75 Å². The highest BCUT2D eigenvalue weighted by Gasteiger charge is 2.30. The Bertz CT molecular complexity index is 812. The van der Waals surface area contributed by atoms with E-state index in [0.717, 1.165) is 4.57 Å². The van der Waals surface area contributed by atoms with Crippen molar-refractivity contribution < 1.29 is 27.6 Å². The highest BCUT2D eigenvalue weighted by atomic mass is 19.4. The number of halogens is 3. The summed E-state index contributed by atoms with van der Waals surface area (Å²) in [6.07, 6.45) is -4.41. The number of rotatable bonds is 6. The van der Waals surface area contributed by atoms with E-state index in [9.17, 15) is 28.1 Å². The van der Waals surface area contributed by atoms with E-state index in [-0.39, 0.29) is 22.7 Å². The third kappa shape index (κ3) is 4.37. The lowest BCUT2D eigenvalue weighted by Gasteiger charge is -2.12. The van der Waals surface area contributed by atoms with Gasteiger partial charge < -0.3 is 9.30 Å². The quantitative estimate of drug-likeness (QED) is 0.448. The maximum absolute atomic E-state index is 12.6. The minimum Gasteiger partial charge on any atom is -0.478 e. The molecular formula is C16H15F3N2O4. The van der Waals surface area contributed by atoms with Crippen LogP contribution in [0.5, 0.6) is 5.75 Å². The van der Waals surface area contributed by atoms with Gasteiger partial charge in [0.1, 0.15) is 6.54 Å². The van der Waals surface area contributed by atoms with Gasteiger partial charge in [0, 0.05) is 23.0 Å². The molecule has 0 radical (unpaired) electrons.